The van der Waals surface area contributed by atoms with E-state index in [-0.39, 0.29) is 6.42 Å². The molecule has 3 aliphatic rings. The van der Waals surface area contributed by atoms with Gasteiger partial charge < -0.3 is 69.3 Å². The van der Waals surface area contributed by atoms with Gasteiger partial charge in [0.1, 0.15) is 54.9 Å². The van der Waals surface area contributed by atoms with Gasteiger partial charge in [-0.2, -0.15) is 0 Å². The molecule has 0 bridgehead atoms. The molecular formula is C19H34O14. The van der Waals surface area contributed by atoms with Crippen molar-refractivity contribution in [3.63, 3.8) is 0 Å². The minimum atomic E-state index is -1.75. The zero-order valence-electron chi connectivity index (χ0n) is 18.2. The summed E-state index contributed by atoms with van der Waals surface area (Å²) >= 11 is 0. The molecule has 194 valence electrons. The van der Waals surface area contributed by atoms with Gasteiger partial charge in [0.2, 0.25) is 0 Å². The maximum atomic E-state index is 10.8. The van der Waals surface area contributed by atoms with Crippen molar-refractivity contribution in [1.82, 2.24) is 0 Å². The molecule has 0 aromatic rings. The van der Waals surface area contributed by atoms with Crippen molar-refractivity contribution in [1.29, 1.82) is 0 Å². The third-order valence-electron chi connectivity index (χ3n) is 6.15. The van der Waals surface area contributed by atoms with Gasteiger partial charge in [-0.1, -0.05) is 0 Å². The van der Waals surface area contributed by atoms with Crippen LogP contribution in [0.25, 0.3) is 0 Å². The van der Waals surface area contributed by atoms with Crippen LogP contribution in [0.5, 0.6) is 0 Å². The van der Waals surface area contributed by atoms with Gasteiger partial charge in [0.05, 0.1) is 25.4 Å². The van der Waals surface area contributed by atoms with Crippen molar-refractivity contribution >= 4 is 0 Å². The Labute approximate surface area is 189 Å². The summed E-state index contributed by atoms with van der Waals surface area (Å²) in [6.45, 7) is 0.276. The third kappa shape index (κ3) is 5.65. The van der Waals surface area contributed by atoms with Gasteiger partial charge in [-0.15, -0.1) is 0 Å². The molecule has 0 aromatic heterocycles. The molecule has 14 heteroatoms. The smallest absolute Gasteiger partial charge is 0.187 e. The van der Waals surface area contributed by atoms with E-state index in [0.29, 0.717) is 0 Å². The third-order valence-corrected chi connectivity index (χ3v) is 6.15. The number of hydrogen-bond donors (Lipinski definition) is 8. The van der Waals surface area contributed by atoms with Gasteiger partial charge in [-0.05, 0) is 6.92 Å². The number of rotatable bonds is 7. The Balaban J connectivity index is 1.83. The summed E-state index contributed by atoms with van der Waals surface area (Å²) in [4.78, 5) is 0. The minimum absolute atomic E-state index is 0.0550. The molecule has 0 amide bonds. The van der Waals surface area contributed by atoms with E-state index in [9.17, 15) is 40.9 Å². The van der Waals surface area contributed by atoms with E-state index in [0.717, 1.165) is 0 Å². The fraction of sp³-hybridized carbons (Fsp3) is 1.00. The van der Waals surface area contributed by atoms with Gasteiger partial charge in [0.25, 0.3) is 0 Å². The Kier molecular flexibility index (Phi) is 9.38. The molecule has 0 aliphatic carbocycles. The predicted molar refractivity (Wildman–Crippen MR) is 103 cm³/mol. The normalized spacial score (nSPS) is 51.5. The van der Waals surface area contributed by atoms with E-state index in [1.807, 2.05) is 0 Å². The number of methoxy groups -OCH3 is 1. The highest BCUT2D eigenvalue weighted by molar-refractivity contribution is 4.95. The first-order valence-corrected chi connectivity index (χ1v) is 10.7. The van der Waals surface area contributed by atoms with Gasteiger partial charge in [0, 0.05) is 13.5 Å². The fourth-order valence-electron chi connectivity index (χ4n) is 4.09. The number of aliphatic hydroxyl groups excluding tert-OH is 8. The van der Waals surface area contributed by atoms with Crippen LogP contribution in [0.15, 0.2) is 0 Å². The lowest BCUT2D eigenvalue weighted by Gasteiger charge is -2.48. The van der Waals surface area contributed by atoms with Crippen LogP contribution in [0.3, 0.4) is 0 Å². The Morgan fingerprint density at radius 2 is 1.24 bits per heavy atom. The average Bonchev–Trinajstić information content (AvgIpc) is 2.79. The van der Waals surface area contributed by atoms with Gasteiger partial charge in [-0.25, -0.2) is 0 Å². The summed E-state index contributed by atoms with van der Waals surface area (Å²) in [5, 5.41) is 80.3. The maximum Gasteiger partial charge on any atom is 0.187 e. The van der Waals surface area contributed by atoms with E-state index >= 15 is 0 Å². The van der Waals surface area contributed by atoms with Gasteiger partial charge in [0.15, 0.2) is 18.9 Å². The first-order valence-electron chi connectivity index (χ1n) is 10.7. The molecule has 0 saturated carbocycles. The molecule has 0 aromatic carbocycles. The Morgan fingerprint density at radius 3 is 1.85 bits per heavy atom. The molecular weight excluding hydrogens is 452 g/mol. The van der Waals surface area contributed by atoms with Crippen LogP contribution in [-0.4, -0.2) is 147 Å². The molecule has 8 N–H and O–H groups in total. The molecule has 14 nitrogen and oxygen atoms in total. The van der Waals surface area contributed by atoms with Crippen molar-refractivity contribution < 1.29 is 69.3 Å². The average molecular weight is 486 g/mol. The van der Waals surface area contributed by atoms with E-state index < -0.39 is 99.2 Å². The van der Waals surface area contributed by atoms with E-state index in [4.69, 9.17) is 28.4 Å². The van der Waals surface area contributed by atoms with Crippen LogP contribution >= 0.6 is 0 Å². The molecule has 0 radical (unpaired) electrons. The number of hydrogen-bond acceptors (Lipinski definition) is 14. The summed E-state index contributed by atoms with van der Waals surface area (Å²) < 4.78 is 33.2. The van der Waals surface area contributed by atoms with E-state index in [1.54, 1.807) is 6.92 Å². The van der Waals surface area contributed by atoms with Gasteiger partial charge >= 0.3 is 0 Å². The van der Waals surface area contributed by atoms with Gasteiger partial charge in [-0.3, -0.25) is 0 Å². The quantitative estimate of drug-likeness (QED) is 0.169. The monoisotopic (exact) mass is 486 g/mol. The first-order chi connectivity index (χ1) is 15.6. The van der Waals surface area contributed by atoms with Crippen molar-refractivity contribution in [3.8, 4) is 0 Å². The molecule has 3 saturated heterocycles. The fourth-order valence-corrected chi connectivity index (χ4v) is 4.09. The summed E-state index contributed by atoms with van der Waals surface area (Å²) in [5.74, 6) is 0. The predicted octanol–water partition coefficient (Wildman–Crippen LogP) is -4.86. The second-order valence-electron chi connectivity index (χ2n) is 8.43. The topological polar surface area (TPSA) is 217 Å². The Bertz CT molecular complexity index is 609. The lowest BCUT2D eigenvalue weighted by molar-refractivity contribution is -0.385. The van der Waals surface area contributed by atoms with Crippen molar-refractivity contribution in [2.45, 2.75) is 99.4 Å². The van der Waals surface area contributed by atoms with Crippen molar-refractivity contribution in [3.05, 3.63) is 0 Å². The standard InChI is InChI=1S/C19H34O14/c1-6-7(22)3-8(23)17(29-6)32-15-12(25)10(5-21)31-19(28-2)16(15)33-18-14(27)13(26)11(24)9(4-20)30-18/h6-27H,3-5H2,1-2H3/t6-,7-,8-,9-,10-,11+,12-,13+,14-,15+,16+,17-,18-,19+/m1/s1. The molecule has 3 rings (SSSR count). The maximum absolute atomic E-state index is 10.8. The lowest BCUT2D eigenvalue weighted by Crippen LogP contribution is -2.66. The van der Waals surface area contributed by atoms with Crippen LogP contribution in [-0.2, 0) is 28.4 Å². The molecule has 0 unspecified atom stereocenters. The zero-order valence-corrected chi connectivity index (χ0v) is 18.2. The van der Waals surface area contributed by atoms with Crippen molar-refractivity contribution in [2.24, 2.45) is 0 Å². The number of ether oxygens (including phenoxy) is 6. The molecule has 3 fully saturated rings. The summed E-state index contributed by atoms with van der Waals surface area (Å²) in [6.07, 6.45) is -18.8. The minimum Gasteiger partial charge on any atom is -0.394 e. The first kappa shape index (κ1) is 27.0. The largest absolute Gasteiger partial charge is 0.394 e. The van der Waals surface area contributed by atoms with E-state index in [1.165, 1.54) is 7.11 Å². The SMILES string of the molecule is CO[C@H]1O[C@H](CO)[C@@H](O)[C@H](O[C@H]2O[C@H](C)[C@H](O)C[C@H]2O)[C@@H]1O[C@H]1O[C@H](CO)[C@H](O)[C@H](O)[C@H]1O. The molecule has 33 heavy (non-hydrogen) atoms. The highest BCUT2D eigenvalue weighted by Crippen LogP contribution is 2.33. The highest BCUT2D eigenvalue weighted by Gasteiger charge is 2.53. The van der Waals surface area contributed by atoms with E-state index in [2.05, 4.69) is 0 Å². The summed E-state index contributed by atoms with van der Waals surface area (Å²) in [6, 6.07) is 0. The molecule has 14 atom stereocenters. The second kappa shape index (κ2) is 11.5. The lowest BCUT2D eigenvalue weighted by atomic mass is 9.96. The summed E-state index contributed by atoms with van der Waals surface area (Å²) in [7, 11) is 1.25. The van der Waals surface area contributed by atoms with Crippen LogP contribution in [0.4, 0.5) is 0 Å². The van der Waals surface area contributed by atoms with Crippen LogP contribution in [0.1, 0.15) is 13.3 Å². The van der Waals surface area contributed by atoms with Crippen LogP contribution in [0.2, 0.25) is 0 Å². The van der Waals surface area contributed by atoms with Crippen LogP contribution < -0.4 is 0 Å². The Morgan fingerprint density at radius 1 is 0.667 bits per heavy atom. The molecule has 3 aliphatic heterocycles. The highest BCUT2D eigenvalue weighted by atomic mass is 16.8. The second-order valence-corrected chi connectivity index (χ2v) is 8.43. The summed E-state index contributed by atoms with van der Waals surface area (Å²) in [5.41, 5.74) is 0. The molecule has 0 spiro atoms. The van der Waals surface area contributed by atoms with Crippen LogP contribution in [0, 0.1) is 0 Å². The van der Waals surface area contributed by atoms with Crippen molar-refractivity contribution in [2.75, 3.05) is 20.3 Å². The zero-order chi connectivity index (χ0) is 24.4. The Hall–Kier alpha value is -0.560. The molecule has 3 heterocycles. The number of aliphatic hydroxyl groups is 8.